The van der Waals surface area contributed by atoms with E-state index in [1.165, 1.54) is 20.5 Å². The summed E-state index contributed by atoms with van der Waals surface area (Å²) in [7, 11) is 0. The van der Waals surface area contributed by atoms with Crippen LogP contribution in [0.4, 0.5) is 0 Å². The highest BCUT2D eigenvalue weighted by molar-refractivity contribution is 7.19. The number of benzene rings is 1. The zero-order valence-electron chi connectivity index (χ0n) is 12.2. The Morgan fingerprint density at radius 3 is 2.63 bits per heavy atom. The molecule has 0 fully saturated rings. The van der Waals surface area contributed by atoms with Crippen molar-refractivity contribution in [1.29, 1.82) is 0 Å². The Morgan fingerprint density at radius 2 is 1.95 bits per heavy atom. The molecule has 19 heavy (non-hydrogen) atoms. The van der Waals surface area contributed by atoms with Gasteiger partial charge in [-0.3, -0.25) is 0 Å². The van der Waals surface area contributed by atoms with E-state index in [-0.39, 0.29) is 5.60 Å². The minimum Gasteiger partial charge on any atom is -0.371 e. The number of ether oxygens (including phenoxy) is 1. The first-order chi connectivity index (χ1) is 9.01. The smallest absolute Gasteiger partial charge is 0.0741 e. The van der Waals surface area contributed by atoms with Crippen LogP contribution in [0.15, 0.2) is 24.3 Å². The molecular weight excluding hydrogens is 254 g/mol. The summed E-state index contributed by atoms with van der Waals surface area (Å²) in [5.41, 5.74) is 1.25. The fraction of sp³-hybridized carbons (Fsp3) is 0.500. The van der Waals surface area contributed by atoms with Gasteiger partial charge in [0, 0.05) is 21.7 Å². The summed E-state index contributed by atoms with van der Waals surface area (Å²) in [4.78, 5) is 1.40. The molecule has 0 atom stereocenters. The van der Waals surface area contributed by atoms with Crippen LogP contribution < -0.4 is 5.32 Å². The second-order valence-corrected chi connectivity index (χ2v) is 6.82. The van der Waals surface area contributed by atoms with E-state index in [2.05, 4.69) is 57.3 Å². The van der Waals surface area contributed by atoms with Crippen molar-refractivity contribution in [3.05, 3.63) is 34.7 Å². The van der Waals surface area contributed by atoms with E-state index >= 15 is 0 Å². The Bertz CT molecular complexity index is 539. The molecule has 0 aliphatic carbocycles. The molecule has 0 amide bonds. The molecule has 2 nitrogen and oxygen atoms in total. The maximum Gasteiger partial charge on any atom is 0.0741 e. The average Bonchev–Trinajstić information content (AvgIpc) is 2.70. The predicted molar refractivity (Wildman–Crippen MR) is 83.7 cm³/mol. The molecule has 3 heteroatoms. The van der Waals surface area contributed by atoms with Crippen LogP contribution in [0.3, 0.4) is 0 Å². The number of rotatable bonds is 5. The molecule has 104 valence electrons. The molecule has 0 unspecified atom stereocenters. The second-order valence-electron chi connectivity index (χ2n) is 5.68. The van der Waals surface area contributed by atoms with Gasteiger partial charge in [-0.15, -0.1) is 11.3 Å². The summed E-state index contributed by atoms with van der Waals surface area (Å²) in [5, 5.41) is 4.76. The molecule has 0 aliphatic rings. The predicted octanol–water partition coefficient (Wildman–Crippen LogP) is 4.33. The highest BCUT2D eigenvalue weighted by Crippen LogP contribution is 2.32. The van der Waals surface area contributed by atoms with Crippen LogP contribution in [-0.4, -0.2) is 12.1 Å². The zero-order chi connectivity index (χ0) is 13.9. The van der Waals surface area contributed by atoms with Crippen molar-refractivity contribution in [2.45, 2.75) is 46.4 Å². The Labute approximate surface area is 119 Å². The van der Waals surface area contributed by atoms with Crippen LogP contribution in [0, 0.1) is 0 Å². The Morgan fingerprint density at radius 1 is 1.21 bits per heavy atom. The summed E-state index contributed by atoms with van der Waals surface area (Å²) >= 11 is 1.87. The molecule has 2 aromatic rings. The number of thiophene rings is 1. The maximum absolute atomic E-state index is 5.98. The van der Waals surface area contributed by atoms with Crippen LogP contribution in [-0.2, 0) is 17.9 Å². The third-order valence-electron chi connectivity index (χ3n) is 2.97. The van der Waals surface area contributed by atoms with Gasteiger partial charge in [-0.05, 0) is 38.8 Å². The molecule has 1 aromatic carbocycles. The Hall–Kier alpha value is -0.900. The lowest BCUT2D eigenvalue weighted by Gasteiger charge is -2.20. The van der Waals surface area contributed by atoms with E-state index in [0.29, 0.717) is 6.61 Å². The Kier molecular flexibility index (Phi) is 4.61. The van der Waals surface area contributed by atoms with Gasteiger partial charge in [0.15, 0.2) is 0 Å². The van der Waals surface area contributed by atoms with Gasteiger partial charge in [-0.25, -0.2) is 0 Å². The molecule has 0 saturated carbocycles. The van der Waals surface area contributed by atoms with Crippen molar-refractivity contribution in [2.24, 2.45) is 0 Å². The lowest BCUT2D eigenvalue weighted by molar-refractivity contribution is -0.0145. The third-order valence-corrected chi connectivity index (χ3v) is 4.18. The van der Waals surface area contributed by atoms with Gasteiger partial charge < -0.3 is 10.1 Å². The van der Waals surface area contributed by atoms with Crippen LogP contribution in [0.25, 0.3) is 10.1 Å². The van der Waals surface area contributed by atoms with Gasteiger partial charge in [0.2, 0.25) is 0 Å². The molecular formula is C16H23NOS. The van der Waals surface area contributed by atoms with Crippen molar-refractivity contribution in [2.75, 3.05) is 6.54 Å². The average molecular weight is 277 g/mol. The van der Waals surface area contributed by atoms with Gasteiger partial charge in [-0.1, -0.05) is 25.1 Å². The lowest BCUT2D eigenvalue weighted by atomic mass is 10.1. The molecule has 0 saturated heterocycles. The summed E-state index contributed by atoms with van der Waals surface area (Å²) in [6.45, 7) is 11.1. The van der Waals surface area contributed by atoms with Crippen LogP contribution in [0.5, 0.6) is 0 Å². The highest BCUT2D eigenvalue weighted by Gasteiger charge is 2.16. The van der Waals surface area contributed by atoms with Gasteiger partial charge in [-0.2, -0.15) is 0 Å². The van der Waals surface area contributed by atoms with E-state index < -0.39 is 0 Å². The van der Waals surface area contributed by atoms with Crippen molar-refractivity contribution in [3.63, 3.8) is 0 Å². The SMILES string of the molecule is CCNCc1sc2ccccc2c1COC(C)(C)C. The highest BCUT2D eigenvalue weighted by atomic mass is 32.1. The summed E-state index contributed by atoms with van der Waals surface area (Å²) in [6.07, 6.45) is 0. The fourth-order valence-corrected chi connectivity index (χ4v) is 3.16. The largest absolute Gasteiger partial charge is 0.371 e. The van der Waals surface area contributed by atoms with E-state index in [1.807, 2.05) is 11.3 Å². The minimum atomic E-state index is -0.0987. The molecule has 1 heterocycles. The van der Waals surface area contributed by atoms with E-state index in [4.69, 9.17) is 4.74 Å². The zero-order valence-corrected chi connectivity index (χ0v) is 13.1. The van der Waals surface area contributed by atoms with Crippen LogP contribution in [0.2, 0.25) is 0 Å². The van der Waals surface area contributed by atoms with Crippen molar-refractivity contribution in [1.82, 2.24) is 5.32 Å². The molecule has 0 spiro atoms. The number of fused-ring (bicyclic) bond motifs is 1. The topological polar surface area (TPSA) is 21.3 Å². The maximum atomic E-state index is 5.98. The fourth-order valence-electron chi connectivity index (χ4n) is 1.98. The molecule has 1 aromatic heterocycles. The summed E-state index contributed by atoms with van der Waals surface area (Å²) in [5.74, 6) is 0. The van der Waals surface area contributed by atoms with Crippen molar-refractivity contribution < 1.29 is 4.74 Å². The first kappa shape index (κ1) is 14.5. The van der Waals surface area contributed by atoms with Gasteiger partial charge in [0.25, 0.3) is 0 Å². The lowest BCUT2D eigenvalue weighted by Crippen LogP contribution is -2.19. The Balaban J connectivity index is 2.31. The van der Waals surface area contributed by atoms with E-state index in [9.17, 15) is 0 Å². The molecule has 0 radical (unpaired) electrons. The minimum absolute atomic E-state index is 0.0987. The monoisotopic (exact) mass is 277 g/mol. The summed E-state index contributed by atoms with van der Waals surface area (Å²) in [6, 6.07) is 8.59. The van der Waals surface area contributed by atoms with E-state index in [1.54, 1.807) is 0 Å². The van der Waals surface area contributed by atoms with Crippen molar-refractivity contribution in [3.8, 4) is 0 Å². The number of hydrogen-bond donors (Lipinski definition) is 1. The molecule has 2 rings (SSSR count). The molecule has 0 aliphatic heterocycles. The first-order valence-corrected chi connectivity index (χ1v) is 7.67. The first-order valence-electron chi connectivity index (χ1n) is 6.85. The summed E-state index contributed by atoms with van der Waals surface area (Å²) < 4.78 is 7.33. The van der Waals surface area contributed by atoms with Crippen molar-refractivity contribution >= 4 is 21.4 Å². The molecule has 1 N–H and O–H groups in total. The van der Waals surface area contributed by atoms with Gasteiger partial charge in [0.1, 0.15) is 0 Å². The van der Waals surface area contributed by atoms with Gasteiger partial charge >= 0.3 is 0 Å². The van der Waals surface area contributed by atoms with Crippen LogP contribution >= 0.6 is 11.3 Å². The standard InChI is InChI=1S/C16H23NOS/c1-5-17-10-15-13(11-18-16(2,3)4)12-8-6-7-9-14(12)19-15/h6-9,17H,5,10-11H2,1-4H3. The van der Waals surface area contributed by atoms with Crippen LogP contribution in [0.1, 0.15) is 38.1 Å². The normalized spacial score (nSPS) is 12.2. The molecule has 0 bridgehead atoms. The van der Waals surface area contributed by atoms with Gasteiger partial charge in [0.05, 0.1) is 12.2 Å². The van der Waals surface area contributed by atoms with E-state index in [0.717, 1.165) is 13.1 Å². The second kappa shape index (κ2) is 6.04. The quantitative estimate of drug-likeness (QED) is 0.878. The number of nitrogens with one attached hydrogen (secondary N) is 1. The third kappa shape index (κ3) is 3.78. The number of hydrogen-bond acceptors (Lipinski definition) is 3.